The molecule has 0 bridgehead atoms. The topological polar surface area (TPSA) is 75.3 Å². The minimum Gasteiger partial charge on any atom is -0.497 e. The Morgan fingerprint density at radius 1 is 1.04 bits per heavy atom. The normalized spacial score (nSPS) is 13.1. The van der Waals surface area contributed by atoms with Gasteiger partial charge in [-0.3, -0.25) is 4.79 Å². The van der Waals surface area contributed by atoms with Gasteiger partial charge in [-0.2, -0.15) is 0 Å². The van der Waals surface area contributed by atoms with Crippen molar-refractivity contribution in [1.82, 2.24) is 0 Å². The predicted molar refractivity (Wildman–Crippen MR) is 90.8 cm³/mol. The number of ether oxygens (including phenoxy) is 5. The van der Waals surface area contributed by atoms with E-state index in [2.05, 4.69) is 5.32 Å². The van der Waals surface area contributed by atoms with E-state index in [1.54, 1.807) is 50.4 Å². The van der Waals surface area contributed by atoms with Gasteiger partial charge in [-0.25, -0.2) is 0 Å². The second-order valence-electron chi connectivity index (χ2n) is 5.33. The van der Waals surface area contributed by atoms with Crippen molar-refractivity contribution < 1.29 is 28.5 Å². The molecule has 3 rings (SSSR count). The van der Waals surface area contributed by atoms with Crippen molar-refractivity contribution in [1.29, 1.82) is 0 Å². The van der Waals surface area contributed by atoms with Crippen LogP contribution in [0.3, 0.4) is 0 Å². The second-order valence-corrected chi connectivity index (χ2v) is 5.33. The SMILES string of the molecule is COc1ccc(OC)c(NC(=O)C(C)Oc2ccc3c(c2)OCO3)c1. The number of nitrogens with one attached hydrogen (secondary N) is 1. The molecular formula is C18H19NO6. The Morgan fingerprint density at radius 3 is 2.56 bits per heavy atom. The number of amides is 1. The summed E-state index contributed by atoms with van der Waals surface area (Å²) in [4.78, 5) is 12.4. The number of carbonyl (C=O) groups is 1. The number of anilines is 1. The molecule has 25 heavy (non-hydrogen) atoms. The van der Waals surface area contributed by atoms with Crippen molar-refractivity contribution in [3.63, 3.8) is 0 Å². The van der Waals surface area contributed by atoms with Gasteiger partial charge in [0.05, 0.1) is 19.9 Å². The van der Waals surface area contributed by atoms with Crippen LogP contribution in [0.1, 0.15) is 6.92 Å². The van der Waals surface area contributed by atoms with Crippen molar-refractivity contribution >= 4 is 11.6 Å². The maximum Gasteiger partial charge on any atom is 0.265 e. The summed E-state index contributed by atoms with van der Waals surface area (Å²) < 4.78 is 26.7. The molecule has 1 aliphatic heterocycles. The van der Waals surface area contributed by atoms with Crippen LogP contribution in [0.25, 0.3) is 0 Å². The summed E-state index contributed by atoms with van der Waals surface area (Å²) in [6, 6.07) is 10.3. The van der Waals surface area contributed by atoms with Gasteiger partial charge in [-0.15, -0.1) is 0 Å². The fourth-order valence-corrected chi connectivity index (χ4v) is 2.35. The third-order valence-electron chi connectivity index (χ3n) is 3.69. The van der Waals surface area contributed by atoms with Gasteiger partial charge in [-0.05, 0) is 31.2 Å². The average molecular weight is 345 g/mol. The zero-order valence-corrected chi connectivity index (χ0v) is 14.2. The second kappa shape index (κ2) is 7.21. The zero-order chi connectivity index (χ0) is 17.8. The van der Waals surface area contributed by atoms with Crippen molar-refractivity contribution in [3.8, 4) is 28.7 Å². The van der Waals surface area contributed by atoms with Gasteiger partial charge in [0.1, 0.15) is 17.2 Å². The highest BCUT2D eigenvalue weighted by Gasteiger charge is 2.19. The molecule has 2 aromatic carbocycles. The summed E-state index contributed by atoms with van der Waals surface area (Å²) in [5.74, 6) is 2.60. The minimum atomic E-state index is -0.726. The van der Waals surface area contributed by atoms with Crippen molar-refractivity contribution in [2.24, 2.45) is 0 Å². The summed E-state index contributed by atoms with van der Waals surface area (Å²) in [6.07, 6.45) is -0.726. The summed E-state index contributed by atoms with van der Waals surface area (Å²) >= 11 is 0. The van der Waals surface area contributed by atoms with Gasteiger partial charge in [-0.1, -0.05) is 0 Å². The third kappa shape index (κ3) is 3.71. The highest BCUT2D eigenvalue weighted by molar-refractivity contribution is 5.95. The van der Waals surface area contributed by atoms with Gasteiger partial charge >= 0.3 is 0 Å². The maximum absolute atomic E-state index is 12.4. The Bertz CT molecular complexity index is 776. The number of hydrogen-bond acceptors (Lipinski definition) is 6. The fraction of sp³-hybridized carbons (Fsp3) is 0.278. The standard InChI is InChI=1S/C18H19NO6/c1-11(25-13-5-7-16-17(9-13)24-10-23-16)18(20)19-14-8-12(21-2)4-6-15(14)22-3/h4-9,11H,10H2,1-3H3,(H,19,20). The van der Waals surface area contributed by atoms with E-state index in [1.807, 2.05) is 0 Å². The first-order valence-electron chi connectivity index (χ1n) is 7.70. The maximum atomic E-state index is 12.4. The molecule has 1 atom stereocenters. The van der Waals surface area contributed by atoms with Gasteiger partial charge < -0.3 is 29.0 Å². The Kier molecular flexibility index (Phi) is 4.83. The first kappa shape index (κ1) is 16.8. The van der Waals surface area contributed by atoms with Crippen LogP contribution in [0.4, 0.5) is 5.69 Å². The molecule has 0 aromatic heterocycles. The molecule has 7 nitrogen and oxygen atoms in total. The van der Waals surface area contributed by atoms with E-state index < -0.39 is 6.10 Å². The van der Waals surface area contributed by atoms with Crippen LogP contribution in [0.5, 0.6) is 28.7 Å². The zero-order valence-electron chi connectivity index (χ0n) is 14.2. The molecule has 2 aromatic rings. The van der Waals surface area contributed by atoms with Crippen LogP contribution < -0.4 is 29.0 Å². The van der Waals surface area contributed by atoms with Gasteiger partial charge in [0.2, 0.25) is 6.79 Å². The largest absolute Gasteiger partial charge is 0.497 e. The van der Waals surface area contributed by atoms with E-state index in [0.29, 0.717) is 34.4 Å². The van der Waals surface area contributed by atoms with Crippen LogP contribution >= 0.6 is 0 Å². The molecule has 1 aliphatic rings. The number of hydrogen-bond donors (Lipinski definition) is 1. The van der Waals surface area contributed by atoms with Crippen LogP contribution in [0.15, 0.2) is 36.4 Å². The highest BCUT2D eigenvalue weighted by Crippen LogP contribution is 2.35. The molecule has 0 saturated carbocycles. The smallest absolute Gasteiger partial charge is 0.265 e. The number of benzene rings is 2. The summed E-state index contributed by atoms with van der Waals surface area (Å²) in [6.45, 7) is 1.84. The number of methoxy groups -OCH3 is 2. The highest BCUT2D eigenvalue weighted by atomic mass is 16.7. The Hall–Kier alpha value is -3.09. The lowest BCUT2D eigenvalue weighted by Crippen LogP contribution is -2.30. The summed E-state index contributed by atoms with van der Waals surface area (Å²) in [5.41, 5.74) is 0.507. The molecule has 0 radical (unpaired) electrons. The van der Waals surface area contributed by atoms with Crippen molar-refractivity contribution in [3.05, 3.63) is 36.4 Å². The molecule has 7 heteroatoms. The van der Waals surface area contributed by atoms with Crippen LogP contribution in [0.2, 0.25) is 0 Å². The molecule has 1 amide bonds. The third-order valence-corrected chi connectivity index (χ3v) is 3.69. The summed E-state index contributed by atoms with van der Waals surface area (Å²) in [5, 5.41) is 2.78. The molecule has 0 fully saturated rings. The molecule has 0 spiro atoms. The van der Waals surface area contributed by atoms with E-state index in [0.717, 1.165) is 0 Å². The van der Waals surface area contributed by atoms with Gasteiger partial charge in [0, 0.05) is 12.1 Å². The molecule has 0 saturated heterocycles. The molecule has 132 valence electrons. The Labute approximate surface area is 145 Å². The van der Waals surface area contributed by atoms with E-state index in [-0.39, 0.29) is 12.7 Å². The number of carbonyl (C=O) groups excluding carboxylic acids is 1. The monoisotopic (exact) mass is 345 g/mol. The lowest BCUT2D eigenvalue weighted by atomic mass is 10.2. The lowest BCUT2D eigenvalue weighted by molar-refractivity contribution is -0.122. The van der Waals surface area contributed by atoms with Crippen LogP contribution in [0, 0.1) is 0 Å². The molecule has 1 unspecified atom stereocenters. The van der Waals surface area contributed by atoms with Crippen molar-refractivity contribution in [2.75, 3.05) is 26.3 Å². The van der Waals surface area contributed by atoms with Gasteiger partial charge in [0.25, 0.3) is 5.91 Å². The molecular weight excluding hydrogens is 326 g/mol. The van der Waals surface area contributed by atoms with E-state index in [1.165, 1.54) is 7.11 Å². The van der Waals surface area contributed by atoms with Gasteiger partial charge in [0.15, 0.2) is 17.6 Å². The lowest BCUT2D eigenvalue weighted by Gasteiger charge is -2.17. The Balaban J connectivity index is 1.68. The van der Waals surface area contributed by atoms with Crippen LogP contribution in [-0.2, 0) is 4.79 Å². The molecule has 1 heterocycles. The van der Waals surface area contributed by atoms with E-state index in [9.17, 15) is 4.79 Å². The number of rotatable bonds is 6. The van der Waals surface area contributed by atoms with E-state index in [4.69, 9.17) is 23.7 Å². The van der Waals surface area contributed by atoms with Crippen molar-refractivity contribution in [2.45, 2.75) is 13.0 Å². The van der Waals surface area contributed by atoms with Crippen LogP contribution in [-0.4, -0.2) is 33.0 Å². The minimum absolute atomic E-state index is 0.185. The average Bonchev–Trinajstić information content (AvgIpc) is 3.09. The molecule has 0 aliphatic carbocycles. The first-order chi connectivity index (χ1) is 12.1. The van der Waals surface area contributed by atoms with E-state index >= 15 is 0 Å². The number of fused-ring (bicyclic) bond motifs is 1. The summed E-state index contributed by atoms with van der Waals surface area (Å²) in [7, 11) is 3.09. The molecule has 1 N–H and O–H groups in total. The predicted octanol–water partition coefficient (Wildman–Crippen LogP) is 2.84. The Morgan fingerprint density at radius 2 is 1.80 bits per heavy atom. The fourth-order valence-electron chi connectivity index (χ4n) is 2.35. The quantitative estimate of drug-likeness (QED) is 0.868. The first-order valence-corrected chi connectivity index (χ1v) is 7.70.